The number of piperidine rings is 1. The number of carbonyl (C=O) groups excluding carboxylic acids is 3. The highest BCUT2D eigenvalue weighted by molar-refractivity contribution is 5.97. The summed E-state index contributed by atoms with van der Waals surface area (Å²) in [6.07, 6.45) is 7.32. The number of aryl methyl sites for hydroxylation is 1. The Morgan fingerprint density at radius 2 is 1.87 bits per heavy atom. The van der Waals surface area contributed by atoms with E-state index in [1.165, 1.54) is 0 Å². The van der Waals surface area contributed by atoms with Crippen molar-refractivity contribution in [2.75, 3.05) is 19.6 Å². The maximum absolute atomic E-state index is 12.8. The smallest absolute Gasteiger partial charge is 0.251 e. The number of rotatable bonds is 7. The van der Waals surface area contributed by atoms with Crippen molar-refractivity contribution in [3.63, 3.8) is 0 Å². The van der Waals surface area contributed by atoms with Crippen molar-refractivity contribution in [2.45, 2.75) is 51.5 Å². The van der Waals surface area contributed by atoms with E-state index < -0.39 is 6.04 Å². The molecule has 3 rings (SSSR count). The molecule has 0 radical (unpaired) electrons. The standard InChI is InChI=1S/C24H33N3O3/c1-3-13-25-23(29)21(26-22(28)20-10-6-7-17(2)16-20)18-11-14-27(15-12-18)24(30)19-8-4-5-9-19/h3,6-7,10,16,18-19,21H,1,4-5,8-9,11-15H2,2H3,(H,25,29)(H,26,28)/t21-/m0/s1. The minimum atomic E-state index is -0.623. The summed E-state index contributed by atoms with van der Waals surface area (Å²) < 4.78 is 0. The highest BCUT2D eigenvalue weighted by Gasteiger charge is 2.35. The van der Waals surface area contributed by atoms with E-state index in [-0.39, 0.29) is 29.6 Å². The van der Waals surface area contributed by atoms with E-state index in [1.807, 2.05) is 30.0 Å². The molecular formula is C24H33N3O3. The summed E-state index contributed by atoms with van der Waals surface area (Å²) in [4.78, 5) is 40.3. The van der Waals surface area contributed by atoms with Gasteiger partial charge in [0.05, 0.1) is 0 Å². The van der Waals surface area contributed by atoms with Crippen molar-refractivity contribution in [3.8, 4) is 0 Å². The predicted octanol–water partition coefficient (Wildman–Crippen LogP) is 2.82. The summed E-state index contributed by atoms with van der Waals surface area (Å²) in [5.41, 5.74) is 1.54. The number of hydrogen-bond acceptors (Lipinski definition) is 3. The van der Waals surface area contributed by atoms with Crippen LogP contribution >= 0.6 is 0 Å². The monoisotopic (exact) mass is 411 g/mol. The lowest BCUT2D eigenvalue weighted by Crippen LogP contribution is -2.54. The molecule has 1 aliphatic carbocycles. The number of likely N-dealkylation sites (tertiary alicyclic amines) is 1. The van der Waals surface area contributed by atoms with Crippen LogP contribution in [0.15, 0.2) is 36.9 Å². The number of benzene rings is 1. The molecule has 6 heteroatoms. The molecule has 1 saturated carbocycles. The summed E-state index contributed by atoms with van der Waals surface area (Å²) >= 11 is 0. The van der Waals surface area contributed by atoms with Crippen molar-refractivity contribution < 1.29 is 14.4 Å². The van der Waals surface area contributed by atoms with Crippen LogP contribution in [0.2, 0.25) is 0 Å². The fourth-order valence-corrected chi connectivity index (χ4v) is 4.58. The second-order valence-electron chi connectivity index (χ2n) is 8.50. The summed E-state index contributed by atoms with van der Waals surface area (Å²) in [6, 6.07) is 6.72. The molecule has 1 atom stereocenters. The van der Waals surface area contributed by atoms with E-state index in [1.54, 1.807) is 12.1 Å². The predicted molar refractivity (Wildman–Crippen MR) is 117 cm³/mol. The molecule has 1 aliphatic heterocycles. The SMILES string of the molecule is C=CCNC(=O)[C@@H](NC(=O)c1cccc(C)c1)C1CCN(C(=O)C2CCCC2)CC1. The van der Waals surface area contributed by atoms with Crippen LogP contribution in [-0.2, 0) is 9.59 Å². The third-order valence-corrected chi connectivity index (χ3v) is 6.30. The van der Waals surface area contributed by atoms with Crippen molar-refractivity contribution >= 4 is 17.7 Å². The van der Waals surface area contributed by atoms with Crippen molar-refractivity contribution in [1.29, 1.82) is 0 Å². The highest BCUT2D eigenvalue weighted by Crippen LogP contribution is 2.29. The zero-order valence-electron chi connectivity index (χ0n) is 17.9. The third-order valence-electron chi connectivity index (χ3n) is 6.30. The molecule has 2 N–H and O–H groups in total. The first kappa shape index (κ1) is 22.1. The molecule has 2 aliphatic rings. The number of nitrogens with zero attached hydrogens (tertiary/aromatic N) is 1. The average molecular weight is 412 g/mol. The normalized spacial score (nSPS) is 18.6. The zero-order chi connectivity index (χ0) is 21.5. The van der Waals surface area contributed by atoms with Gasteiger partial charge in [0.1, 0.15) is 6.04 Å². The molecule has 2 fully saturated rings. The lowest BCUT2D eigenvalue weighted by atomic mass is 9.87. The molecule has 1 saturated heterocycles. The summed E-state index contributed by atoms with van der Waals surface area (Å²) in [6.45, 7) is 7.22. The number of nitrogens with one attached hydrogen (secondary N) is 2. The molecule has 3 amide bonds. The van der Waals surface area contributed by atoms with Gasteiger partial charge in [-0.25, -0.2) is 0 Å². The number of amides is 3. The second kappa shape index (κ2) is 10.4. The Labute approximate surface area is 179 Å². The molecular weight excluding hydrogens is 378 g/mol. The minimum absolute atomic E-state index is 0.00352. The van der Waals surface area contributed by atoms with Gasteiger partial charge in [-0.2, -0.15) is 0 Å². The van der Waals surface area contributed by atoms with E-state index in [0.29, 0.717) is 38.0 Å². The maximum atomic E-state index is 12.8. The van der Waals surface area contributed by atoms with E-state index in [0.717, 1.165) is 31.2 Å². The Morgan fingerprint density at radius 3 is 2.50 bits per heavy atom. The van der Waals surface area contributed by atoms with Crippen LogP contribution in [0, 0.1) is 18.8 Å². The van der Waals surface area contributed by atoms with Gasteiger partial charge in [-0.05, 0) is 50.7 Å². The van der Waals surface area contributed by atoms with Crippen molar-refractivity contribution in [2.24, 2.45) is 11.8 Å². The lowest BCUT2D eigenvalue weighted by Gasteiger charge is -2.36. The van der Waals surface area contributed by atoms with Crippen LogP contribution in [0.4, 0.5) is 0 Å². The van der Waals surface area contributed by atoms with Gasteiger partial charge in [-0.3, -0.25) is 14.4 Å². The molecule has 1 heterocycles. The number of hydrogen-bond donors (Lipinski definition) is 2. The van der Waals surface area contributed by atoms with Crippen LogP contribution in [-0.4, -0.2) is 48.3 Å². The Balaban J connectivity index is 1.65. The maximum Gasteiger partial charge on any atom is 0.251 e. The molecule has 162 valence electrons. The van der Waals surface area contributed by atoms with Gasteiger partial charge in [0, 0.05) is 31.1 Å². The largest absolute Gasteiger partial charge is 0.351 e. The van der Waals surface area contributed by atoms with Gasteiger partial charge in [-0.1, -0.05) is 36.6 Å². The first-order chi connectivity index (χ1) is 14.5. The van der Waals surface area contributed by atoms with E-state index in [9.17, 15) is 14.4 Å². The molecule has 0 unspecified atom stereocenters. The quantitative estimate of drug-likeness (QED) is 0.677. The van der Waals surface area contributed by atoms with Crippen LogP contribution in [0.1, 0.15) is 54.4 Å². The molecule has 0 aromatic heterocycles. The summed E-state index contributed by atoms with van der Waals surface area (Å²) in [7, 11) is 0. The fourth-order valence-electron chi connectivity index (χ4n) is 4.58. The Bertz CT molecular complexity index is 778. The van der Waals surface area contributed by atoms with Crippen LogP contribution in [0.3, 0.4) is 0 Å². The van der Waals surface area contributed by atoms with Crippen LogP contribution < -0.4 is 10.6 Å². The van der Waals surface area contributed by atoms with Crippen molar-refractivity contribution in [3.05, 3.63) is 48.0 Å². The Kier molecular flexibility index (Phi) is 7.66. The molecule has 0 bridgehead atoms. The zero-order valence-corrected chi connectivity index (χ0v) is 17.9. The summed E-state index contributed by atoms with van der Waals surface area (Å²) in [5.74, 6) is -0.00810. The average Bonchev–Trinajstić information content (AvgIpc) is 3.30. The van der Waals surface area contributed by atoms with E-state index >= 15 is 0 Å². The van der Waals surface area contributed by atoms with E-state index in [4.69, 9.17) is 0 Å². The molecule has 6 nitrogen and oxygen atoms in total. The lowest BCUT2D eigenvalue weighted by molar-refractivity contribution is -0.137. The van der Waals surface area contributed by atoms with E-state index in [2.05, 4.69) is 17.2 Å². The number of carbonyl (C=O) groups is 3. The third kappa shape index (κ3) is 5.49. The van der Waals surface area contributed by atoms with Crippen LogP contribution in [0.25, 0.3) is 0 Å². The van der Waals surface area contributed by atoms with Gasteiger partial charge in [0.15, 0.2) is 0 Å². The molecule has 30 heavy (non-hydrogen) atoms. The van der Waals surface area contributed by atoms with Crippen LogP contribution in [0.5, 0.6) is 0 Å². The molecule has 1 aromatic carbocycles. The van der Waals surface area contributed by atoms with Crippen molar-refractivity contribution in [1.82, 2.24) is 15.5 Å². The highest BCUT2D eigenvalue weighted by atomic mass is 16.2. The van der Waals surface area contributed by atoms with Gasteiger partial charge >= 0.3 is 0 Å². The topological polar surface area (TPSA) is 78.5 Å². The Hall–Kier alpha value is -2.63. The van der Waals surface area contributed by atoms with Gasteiger partial charge < -0.3 is 15.5 Å². The first-order valence-corrected chi connectivity index (χ1v) is 11.0. The minimum Gasteiger partial charge on any atom is -0.351 e. The molecule has 0 spiro atoms. The van der Waals surface area contributed by atoms with Gasteiger partial charge in [0.2, 0.25) is 11.8 Å². The summed E-state index contributed by atoms with van der Waals surface area (Å²) in [5, 5.41) is 5.77. The first-order valence-electron chi connectivity index (χ1n) is 11.0. The fraction of sp³-hybridized carbons (Fsp3) is 0.542. The Morgan fingerprint density at radius 1 is 1.17 bits per heavy atom. The molecule has 1 aromatic rings. The van der Waals surface area contributed by atoms with Gasteiger partial charge in [0.25, 0.3) is 5.91 Å². The van der Waals surface area contributed by atoms with Gasteiger partial charge in [-0.15, -0.1) is 6.58 Å². The second-order valence-corrected chi connectivity index (χ2v) is 8.50.